The molecule has 0 saturated carbocycles. The van der Waals surface area contributed by atoms with Crippen molar-refractivity contribution < 1.29 is 19.1 Å². The Bertz CT molecular complexity index is 783. The summed E-state index contributed by atoms with van der Waals surface area (Å²) in [6, 6.07) is 7.40. The molecule has 0 aliphatic rings. The summed E-state index contributed by atoms with van der Waals surface area (Å²) in [6.07, 6.45) is 2.79. The smallest absolute Gasteiger partial charge is 0.419 e. The first-order valence-corrected chi connectivity index (χ1v) is 7.81. The molecule has 1 heterocycles. The molecule has 1 aromatic heterocycles. The van der Waals surface area contributed by atoms with Gasteiger partial charge in [-0.05, 0) is 48.8 Å². The van der Waals surface area contributed by atoms with E-state index in [2.05, 4.69) is 20.7 Å². The Kier molecular flexibility index (Phi) is 4.94. The van der Waals surface area contributed by atoms with E-state index >= 15 is 0 Å². The maximum Gasteiger partial charge on any atom is 0.419 e. The SMILES string of the molecule is COC(=O)/C(Br)=C/c1cn(C(=O)OC(C)(C)C)c2ccccc12. The van der Waals surface area contributed by atoms with Crippen LogP contribution in [0.25, 0.3) is 17.0 Å². The standard InChI is InChI=1S/C17H18BrNO4/c1-17(2,3)23-16(21)19-10-11(9-13(18)15(20)22-4)12-7-5-6-8-14(12)19/h5-10H,1-4H3/b13-9-. The Hall–Kier alpha value is -2.08. The molecule has 0 saturated heterocycles. The fourth-order valence-corrected chi connectivity index (χ4v) is 2.48. The topological polar surface area (TPSA) is 57.5 Å². The van der Waals surface area contributed by atoms with Crippen molar-refractivity contribution in [3.63, 3.8) is 0 Å². The first kappa shape index (κ1) is 17.3. The molecule has 5 nitrogen and oxygen atoms in total. The highest BCUT2D eigenvalue weighted by Gasteiger charge is 2.20. The van der Waals surface area contributed by atoms with E-state index < -0.39 is 17.7 Å². The van der Waals surface area contributed by atoms with Crippen molar-refractivity contribution in [2.75, 3.05) is 7.11 Å². The second-order valence-corrected chi connectivity index (χ2v) is 6.79. The minimum atomic E-state index is -0.592. The molecular weight excluding hydrogens is 362 g/mol. The zero-order valence-corrected chi connectivity index (χ0v) is 15.0. The lowest BCUT2D eigenvalue weighted by Crippen LogP contribution is -2.26. The number of methoxy groups -OCH3 is 1. The van der Waals surface area contributed by atoms with Gasteiger partial charge in [0.1, 0.15) is 10.1 Å². The number of hydrogen-bond donors (Lipinski definition) is 0. The van der Waals surface area contributed by atoms with Crippen LogP contribution in [0.15, 0.2) is 34.9 Å². The monoisotopic (exact) mass is 379 g/mol. The van der Waals surface area contributed by atoms with Gasteiger partial charge in [0.05, 0.1) is 12.6 Å². The minimum Gasteiger partial charge on any atom is -0.465 e. The molecule has 1 aromatic carbocycles. The van der Waals surface area contributed by atoms with Crippen molar-refractivity contribution in [1.82, 2.24) is 4.57 Å². The molecule has 0 atom stereocenters. The quantitative estimate of drug-likeness (QED) is 0.575. The van der Waals surface area contributed by atoms with Crippen molar-refractivity contribution in [2.24, 2.45) is 0 Å². The van der Waals surface area contributed by atoms with Gasteiger partial charge < -0.3 is 9.47 Å². The molecule has 6 heteroatoms. The van der Waals surface area contributed by atoms with Gasteiger partial charge in [0, 0.05) is 17.1 Å². The number of rotatable bonds is 2. The summed E-state index contributed by atoms with van der Waals surface area (Å²) < 4.78 is 11.8. The van der Waals surface area contributed by atoms with Crippen LogP contribution in [0.5, 0.6) is 0 Å². The van der Waals surface area contributed by atoms with Crippen LogP contribution >= 0.6 is 15.9 Å². The fourth-order valence-electron chi connectivity index (χ4n) is 2.08. The van der Waals surface area contributed by atoms with Gasteiger partial charge in [0.25, 0.3) is 0 Å². The number of carbonyl (C=O) groups is 2. The van der Waals surface area contributed by atoms with Crippen LogP contribution in [0.2, 0.25) is 0 Å². The van der Waals surface area contributed by atoms with E-state index in [1.807, 2.05) is 45.0 Å². The van der Waals surface area contributed by atoms with Crippen LogP contribution in [0.4, 0.5) is 4.79 Å². The van der Waals surface area contributed by atoms with Gasteiger partial charge in [-0.15, -0.1) is 0 Å². The van der Waals surface area contributed by atoms with Crippen LogP contribution in [-0.2, 0) is 14.3 Å². The second kappa shape index (κ2) is 6.58. The molecule has 0 aliphatic carbocycles. The Labute approximate surface area is 143 Å². The summed E-state index contributed by atoms with van der Waals surface area (Å²) in [5.41, 5.74) is 0.826. The molecule has 2 rings (SSSR count). The van der Waals surface area contributed by atoms with Gasteiger partial charge >= 0.3 is 12.1 Å². The van der Waals surface area contributed by atoms with E-state index in [0.29, 0.717) is 11.1 Å². The van der Waals surface area contributed by atoms with E-state index in [1.165, 1.54) is 11.7 Å². The number of nitrogens with zero attached hydrogens (tertiary/aromatic N) is 1. The van der Waals surface area contributed by atoms with Crippen LogP contribution in [-0.4, -0.2) is 29.3 Å². The summed E-state index contributed by atoms with van der Waals surface area (Å²) in [7, 11) is 1.31. The van der Waals surface area contributed by atoms with Crippen molar-refractivity contribution in [2.45, 2.75) is 26.4 Å². The van der Waals surface area contributed by atoms with Crippen molar-refractivity contribution >= 4 is 45.0 Å². The number of para-hydroxylation sites is 1. The highest BCUT2D eigenvalue weighted by Crippen LogP contribution is 2.26. The Morgan fingerprint density at radius 2 is 1.87 bits per heavy atom. The Balaban J connectivity index is 2.53. The normalized spacial score (nSPS) is 12.3. The maximum absolute atomic E-state index is 12.4. The van der Waals surface area contributed by atoms with E-state index in [9.17, 15) is 9.59 Å². The van der Waals surface area contributed by atoms with E-state index in [-0.39, 0.29) is 4.48 Å². The third kappa shape index (κ3) is 4.01. The van der Waals surface area contributed by atoms with Crippen LogP contribution < -0.4 is 0 Å². The largest absolute Gasteiger partial charge is 0.465 e. The zero-order valence-electron chi connectivity index (χ0n) is 13.4. The first-order valence-electron chi connectivity index (χ1n) is 7.02. The number of hydrogen-bond acceptors (Lipinski definition) is 4. The van der Waals surface area contributed by atoms with Gasteiger partial charge in [-0.1, -0.05) is 18.2 Å². The molecular formula is C17H18BrNO4. The zero-order chi connectivity index (χ0) is 17.2. The number of halogens is 1. The predicted molar refractivity (Wildman–Crippen MR) is 92.5 cm³/mol. The first-order chi connectivity index (χ1) is 10.7. The summed E-state index contributed by atoms with van der Waals surface area (Å²) in [5.74, 6) is -0.487. The van der Waals surface area contributed by atoms with Gasteiger partial charge in [-0.2, -0.15) is 0 Å². The average molecular weight is 380 g/mol. The second-order valence-electron chi connectivity index (χ2n) is 5.94. The third-order valence-electron chi connectivity index (χ3n) is 3.00. The number of ether oxygens (including phenoxy) is 2. The lowest BCUT2D eigenvalue weighted by atomic mass is 10.1. The highest BCUT2D eigenvalue weighted by atomic mass is 79.9. The van der Waals surface area contributed by atoms with Crippen LogP contribution in [0.3, 0.4) is 0 Å². The molecule has 0 aliphatic heterocycles. The summed E-state index contributed by atoms with van der Waals surface area (Å²) in [5, 5.41) is 0.833. The number of fused-ring (bicyclic) bond motifs is 1. The van der Waals surface area contributed by atoms with E-state index in [4.69, 9.17) is 4.74 Å². The molecule has 0 unspecified atom stereocenters. The fraction of sp³-hybridized carbons (Fsp3) is 0.294. The van der Waals surface area contributed by atoms with E-state index in [1.54, 1.807) is 12.3 Å². The summed E-state index contributed by atoms with van der Waals surface area (Å²) in [6.45, 7) is 5.43. The Morgan fingerprint density at radius 3 is 2.48 bits per heavy atom. The van der Waals surface area contributed by atoms with Gasteiger partial charge in [0.2, 0.25) is 0 Å². The number of carbonyl (C=O) groups excluding carboxylic acids is 2. The van der Waals surface area contributed by atoms with Crippen molar-refractivity contribution in [1.29, 1.82) is 0 Å². The van der Waals surface area contributed by atoms with Crippen LogP contribution in [0.1, 0.15) is 26.3 Å². The predicted octanol–water partition coefficient (Wildman–Crippen LogP) is 4.33. The van der Waals surface area contributed by atoms with Gasteiger partial charge in [0.15, 0.2) is 0 Å². The maximum atomic E-state index is 12.4. The van der Waals surface area contributed by atoms with Crippen molar-refractivity contribution in [3.05, 3.63) is 40.5 Å². The molecule has 0 N–H and O–H groups in total. The molecule has 2 aromatic rings. The summed E-state index contributed by atoms with van der Waals surface area (Å²) >= 11 is 3.18. The van der Waals surface area contributed by atoms with Crippen molar-refractivity contribution in [3.8, 4) is 0 Å². The number of benzene rings is 1. The molecule has 23 heavy (non-hydrogen) atoms. The highest BCUT2D eigenvalue weighted by molar-refractivity contribution is 9.12. The minimum absolute atomic E-state index is 0.270. The van der Waals surface area contributed by atoms with E-state index in [0.717, 1.165) is 5.39 Å². The lowest BCUT2D eigenvalue weighted by Gasteiger charge is -2.19. The Morgan fingerprint density at radius 1 is 1.22 bits per heavy atom. The van der Waals surface area contributed by atoms with Gasteiger partial charge in [-0.3, -0.25) is 4.57 Å². The average Bonchev–Trinajstić information content (AvgIpc) is 2.84. The van der Waals surface area contributed by atoms with Crippen LogP contribution in [0, 0.1) is 0 Å². The third-order valence-corrected chi connectivity index (χ3v) is 3.55. The number of aromatic nitrogens is 1. The molecule has 0 amide bonds. The molecule has 0 fully saturated rings. The molecule has 0 spiro atoms. The van der Waals surface area contributed by atoms with Gasteiger partial charge in [-0.25, -0.2) is 9.59 Å². The number of esters is 1. The molecule has 0 bridgehead atoms. The lowest BCUT2D eigenvalue weighted by molar-refractivity contribution is -0.135. The summed E-state index contributed by atoms with van der Waals surface area (Å²) in [4.78, 5) is 23.9. The molecule has 122 valence electrons. The molecule has 0 radical (unpaired) electrons.